The molecular formula is C15H15FN2O2S. The topological polar surface area (TPSA) is 50.3 Å². The third kappa shape index (κ3) is 2.96. The highest BCUT2D eigenvalue weighted by molar-refractivity contribution is 7.88. The van der Waals surface area contributed by atoms with E-state index < -0.39 is 10.0 Å². The lowest BCUT2D eigenvalue weighted by molar-refractivity contribution is 0.431. The van der Waals surface area contributed by atoms with Crippen LogP contribution in [0.25, 0.3) is 0 Å². The predicted molar refractivity (Wildman–Crippen MR) is 77.2 cm³/mol. The van der Waals surface area contributed by atoms with Crippen LogP contribution in [0.4, 0.5) is 4.39 Å². The molecule has 1 aromatic heterocycles. The highest BCUT2D eigenvalue weighted by atomic mass is 32.2. The van der Waals surface area contributed by atoms with Crippen LogP contribution in [0.2, 0.25) is 0 Å². The first-order valence-corrected chi connectivity index (χ1v) is 8.22. The van der Waals surface area contributed by atoms with Crippen LogP contribution in [-0.4, -0.2) is 17.7 Å². The Kier molecular flexibility index (Phi) is 3.51. The zero-order valence-corrected chi connectivity index (χ0v) is 12.4. The van der Waals surface area contributed by atoms with Gasteiger partial charge < -0.3 is 0 Å². The number of hydrogen-bond donors (Lipinski definition) is 0. The van der Waals surface area contributed by atoms with Gasteiger partial charge in [0.1, 0.15) is 5.82 Å². The molecule has 0 N–H and O–H groups in total. The van der Waals surface area contributed by atoms with Gasteiger partial charge in [-0.3, -0.25) is 4.98 Å². The number of nitrogens with zero attached hydrogens (tertiary/aromatic N) is 2. The third-order valence-corrected chi connectivity index (χ3v) is 5.31. The van der Waals surface area contributed by atoms with Crippen molar-refractivity contribution in [2.24, 2.45) is 0 Å². The number of aryl methyl sites for hydroxylation is 1. The Labute approximate surface area is 123 Å². The minimum Gasteiger partial charge on any atom is -0.261 e. The number of aromatic nitrogens is 1. The Morgan fingerprint density at radius 2 is 1.86 bits per heavy atom. The lowest BCUT2D eigenvalue weighted by Gasteiger charge is -2.15. The minimum atomic E-state index is -3.42. The Balaban J connectivity index is 1.79. The Morgan fingerprint density at radius 1 is 1.19 bits per heavy atom. The zero-order chi connectivity index (χ0) is 15.0. The maximum absolute atomic E-state index is 12.9. The van der Waals surface area contributed by atoms with Gasteiger partial charge in [0.2, 0.25) is 10.0 Å². The van der Waals surface area contributed by atoms with Crippen molar-refractivity contribution in [1.82, 2.24) is 9.29 Å². The summed E-state index contributed by atoms with van der Waals surface area (Å²) in [5.74, 6) is -0.487. The fraction of sp³-hybridized carbons (Fsp3) is 0.267. The van der Waals surface area contributed by atoms with Crippen LogP contribution in [0.3, 0.4) is 0 Å². The molecule has 3 rings (SSSR count). The van der Waals surface area contributed by atoms with E-state index in [1.54, 1.807) is 6.20 Å². The minimum absolute atomic E-state index is 0.117. The lowest BCUT2D eigenvalue weighted by atomic mass is 10.2. The Morgan fingerprint density at radius 3 is 2.57 bits per heavy atom. The van der Waals surface area contributed by atoms with Crippen molar-refractivity contribution >= 4 is 10.0 Å². The predicted octanol–water partition coefficient (Wildman–Crippen LogP) is 2.37. The first kappa shape index (κ1) is 14.2. The van der Waals surface area contributed by atoms with E-state index in [9.17, 15) is 12.8 Å². The van der Waals surface area contributed by atoms with Crippen LogP contribution in [-0.2, 0) is 28.9 Å². The van der Waals surface area contributed by atoms with E-state index in [2.05, 4.69) is 4.98 Å². The molecule has 0 saturated heterocycles. The van der Waals surface area contributed by atoms with Crippen molar-refractivity contribution in [3.8, 4) is 0 Å². The maximum Gasteiger partial charge on any atom is 0.218 e. The largest absolute Gasteiger partial charge is 0.261 e. The van der Waals surface area contributed by atoms with Gasteiger partial charge in [0.25, 0.3) is 0 Å². The Bertz CT molecular complexity index is 773. The standard InChI is InChI=1S/C15H15FN2O2S/c1-11-6-13-8-18(9-14(13)7-17-11)21(19,20)10-12-2-4-15(16)5-3-12/h2-7H,8-10H2,1H3. The highest BCUT2D eigenvalue weighted by Gasteiger charge is 2.29. The first-order valence-electron chi connectivity index (χ1n) is 6.61. The summed E-state index contributed by atoms with van der Waals surface area (Å²) in [5.41, 5.74) is 3.42. The smallest absolute Gasteiger partial charge is 0.218 e. The summed E-state index contributed by atoms with van der Waals surface area (Å²) >= 11 is 0. The Hall–Kier alpha value is -1.79. The summed E-state index contributed by atoms with van der Waals surface area (Å²) in [5, 5.41) is 0. The number of halogens is 1. The van der Waals surface area contributed by atoms with Gasteiger partial charge in [-0.05, 0) is 41.8 Å². The van der Waals surface area contributed by atoms with E-state index in [-0.39, 0.29) is 11.6 Å². The number of rotatable bonds is 3. The summed E-state index contributed by atoms with van der Waals surface area (Å²) in [6.07, 6.45) is 1.73. The van der Waals surface area contributed by atoms with Crippen LogP contribution in [0.5, 0.6) is 0 Å². The number of benzene rings is 1. The van der Waals surface area contributed by atoms with Crippen molar-refractivity contribution in [2.45, 2.75) is 25.8 Å². The molecule has 0 unspecified atom stereocenters. The molecule has 0 atom stereocenters. The second-order valence-corrected chi connectivity index (χ2v) is 7.21. The zero-order valence-electron chi connectivity index (χ0n) is 11.6. The van der Waals surface area contributed by atoms with Crippen LogP contribution >= 0.6 is 0 Å². The van der Waals surface area contributed by atoms with Gasteiger partial charge in [-0.15, -0.1) is 0 Å². The second kappa shape index (κ2) is 5.20. The quantitative estimate of drug-likeness (QED) is 0.875. The van der Waals surface area contributed by atoms with Crippen molar-refractivity contribution in [3.05, 3.63) is 64.7 Å². The molecule has 1 aliphatic rings. The lowest BCUT2D eigenvalue weighted by Crippen LogP contribution is -2.27. The number of hydrogen-bond acceptors (Lipinski definition) is 3. The van der Waals surface area contributed by atoms with Crippen LogP contribution in [0.15, 0.2) is 36.5 Å². The van der Waals surface area contributed by atoms with Crippen molar-refractivity contribution < 1.29 is 12.8 Å². The van der Waals surface area contributed by atoms with Crippen LogP contribution < -0.4 is 0 Å². The van der Waals surface area contributed by atoms with Gasteiger partial charge in [0.05, 0.1) is 5.75 Å². The molecule has 6 heteroatoms. The monoisotopic (exact) mass is 306 g/mol. The van der Waals surface area contributed by atoms with E-state index >= 15 is 0 Å². The van der Waals surface area contributed by atoms with Crippen molar-refractivity contribution in [2.75, 3.05) is 0 Å². The molecule has 21 heavy (non-hydrogen) atoms. The van der Waals surface area contributed by atoms with Crippen LogP contribution in [0, 0.1) is 12.7 Å². The van der Waals surface area contributed by atoms with Crippen molar-refractivity contribution in [1.29, 1.82) is 0 Å². The van der Waals surface area contributed by atoms with Gasteiger partial charge in [0, 0.05) is 25.0 Å². The van der Waals surface area contributed by atoms with Gasteiger partial charge in [0.15, 0.2) is 0 Å². The molecule has 0 bridgehead atoms. The molecule has 110 valence electrons. The molecule has 0 saturated carbocycles. The molecule has 0 aliphatic carbocycles. The first-order chi connectivity index (χ1) is 9.94. The summed E-state index contributed by atoms with van der Waals surface area (Å²) in [4.78, 5) is 4.20. The summed E-state index contributed by atoms with van der Waals surface area (Å²) in [7, 11) is -3.42. The summed E-state index contributed by atoms with van der Waals surface area (Å²) < 4.78 is 39.2. The summed E-state index contributed by atoms with van der Waals surface area (Å²) in [6.45, 7) is 2.62. The molecule has 1 aliphatic heterocycles. The third-order valence-electron chi connectivity index (χ3n) is 3.57. The maximum atomic E-state index is 12.9. The highest BCUT2D eigenvalue weighted by Crippen LogP contribution is 2.26. The molecule has 0 fully saturated rings. The average molecular weight is 306 g/mol. The molecule has 0 radical (unpaired) electrons. The van der Waals surface area contributed by atoms with Gasteiger partial charge in [-0.25, -0.2) is 12.8 Å². The van der Waals surface area contributed by atoms with Gasteiger partial charge in [-0.2, -0.15) is 4.31 Å². The van der Waals surface area contributed by atoms with E-state index in [1.807, 2.05) is 13.0 Å². The van der Waals surface area contributed by atoms with E-state index in [0.29, 0.717) is 18.7 Å². The molecule has 1 aromatic carbocycles. The van der Waals surface area contributed by atoms with Gasteiger partial charge in [-0.1, -0.05) is 12.1 Å². The van der Waals surface area contributed by atoms with E-state index in [0.717, 1.165) is 16.8 Å². The molecular weight excluding hydrogens is 291 g/mol. The SMILES string of the molecule is Cc1cc2c(cn1)CN(S(=O)(=O)Cc1ccc(F)cc1)C2. The van der Waals surface area contributed by atoms with E-state index in [4.69, 9.17) is 0 Å². The van der Waals surface area contributed by atoms with Crippen molar-refractivity contribution in [3.63, 3.8) is 0 Å². The summed E-state index contributed by atoms with van der Waals surface area (Å²) in [6, 6.07) is 7.47. The van der Waals surface area contributed by atoms with E-state index in [1.165, 1.54) is 28.6 Å². The second-order valence-electron chi connectivity index (χ2n) is 5.25. The molecule has 4 nitrogen and oxygen atoms in total. The number of fused-ring (bicyclic) bond motifs is 1. The molecule has 2 aromatic rings. The van der Waals surface area contributed by atoms with Gasteiger partial charge >= 0.3 is 0 Å². The molecule has 2 heterocycles. The molecule has 0 spiro atoms. The fourth-order valence-corrected chi connectivity index (χ4v) is 3.92. The fourth-order valence-electron chi connectivity index (χ4n) is 2.45. The average Bonchev–Trinajstić information content (AvgIpc) is 2.85. The van der Waals surface area contributed by atoms with Crippen LogP contribution in [0.1, 0.15) is 22.4 Å². The normalized spacial score (nSPS) is 15.1. The molecule has 0 amide bonds. The number of sulfonamides is 1. The number of pyridine rings is 1.